The monoisotopic (exact) mass is 361 g/mol. The second-order valence-corrected chi connectivity index (χ2v) is 7.58. The van der Waals surface area contributed by atoms with Crippen LogP contribution in [0, 0.1) is 17.8 Å². The van der Waals surface area contributed by atoms with Crippen LogP contribution in [0.25, 0.3) is 0 Å². The van der Waals surface area contributed by atoms with Crippen molar-refractivity contribution in [3.63, 3.8) is 0 Å². The van der Waals surface area contributed by atoms with Gasteiger partial charge in [-0.25, -0.2) is 0 Å². The molecule has 0 aromatic heterocycles. The minimum atomic E-state index is -0.260. The molecular weight excluding hydrogens is 330 g/mol. The van der Waals surface area contributed by atoms with E-state index < -0.39 is 0 Å². The van der Waals surface area contributed by atoms with Crippen molar-refractivity contribution in [2.24, 2.45) is 23.5 Å². The standard InChI is InChI=1S/C21H31NO4/c1-14(4-9-20(22)23)15(2)26-13-17-7-5-16(6-8-17)10-18-11-19(12-18)21(24)25-3/h5-8,14-15,18-19H,4,9-13H2,1-3H3,(H2,22,23)/t14-,15+,18?,19?/m0/s1. The maximum Gasteiger partial charge on any atom is 0.308 e. The number of methoxy groups -OCH3 is 1. The van der Waals surface area contributed by atoms with Crippen molar-refractivity contribution in [3.05, 3.63) is 35.4 Å². The number of primary amides is 1. The predicted molar refractivity (Wildman–Crippen MR) is 100 cm³/mol. The molecule has 0 saturated heterocycles. The summed E-state index contributed by atoms with van der Waals surface area (Å²) in [6, 6.07) is 8.50. The summed E-state index contributed by atoms with van der Waals surface area (Å²) in [5.41, 5.74) is 7.63. The van der Waals surface area contributed by atoms with Crippen molar-refractivity contribution in [1.82, 2.24) is 0 Å². The Bertz CT molecular complexity index is 593. The highest BCUT2D eigenvalue weighted by atomic mass is 16.5. The molecule has 1 fully saturated rings. The van der Waals surface area contributed by atoms with Crippen LogP contribution in [0.3, 0.4) is 0 Å². The SMILES string of the molecule is COC(=O)C1CC(Cc2ccc(CO[C@H](C)[C@@H](C)CCC(N)=O)cc2)C1. The van der Waals surface area contributed by atoms with Gasteiger partial charge in [0, 0.05) is 6.42 Å². The molecular formula is C21H31NO4. The molecule has 144 valence electrons. The molecule has 0 spiro atoms. The van der Waals surface area contributed by atoms with Gasteiger partial charge in [-0.15, -0.1) is 0 Å². The number of benzene rings is 1. The van der Waals surface area contributed by atoms with Crippen LogP contribution in [0.1, 0.15) is 50.7 Å². The van der Waals surface area contributed by atoms with E-state index in [1.807, 2.05) is 6.92 Å². The van der Waals surface area contributed by atoms with E-state index >= 15 is 0 Å². The molecule has 0 aliphatic heterocycles. The second kappa shape index (κ2) is 9.72. The highest BCUT2D eigenvalue weighted by Crippen LogP contribution is 2.36. The number of esters is 1. The molecule has 0 heterocycles. The summed E-state index contributed by atoms with van der Waals surface area (Å²) in [6.07, 6.45) is 4.11. The Morgan fingerprint density at radius 1 is 1.15 bits per heavy atom. The van der Waals surface area contributed by atoms with E-state index in [-0.39, 0.29) is 23.9 Å². The molecule has 26 heavy (non-hydrogen) atoms. The van der Waals surface area contributed by atoms with Crippen LogP contribution in [-0.4, -0.2) is 25.1 Å². The topological polar surface area (TPSA) is 78.6 Å². The van der Waals surface area contributed by atoms with E-state index in [0.717, 1.165) is 31.2 Å². The summed E-state index contributed by atoms with van der Waals surface area (Å²) in [6.45, 7) is 4.68. The molecule has 2 rings (SSSR count). The molecule has 0 radical (unpaired) electrons. The number of carbonyl (C=O) groups excluding carboxylic acids is 2. The van der Waals surface area contributed by atoms with Crippen LogP contribution in [0.4, 0.5) is 0 Å². The highest BCUT2D eigenvalue weighted by Gasteiger charge is 2.34. The molecule has 1 aliphatic rings. The quantitative estimate of drug-likeness (QED) is 0.649. The van der Waals surface area contributed by atoms with Crippen LogP contribution in [0.15, 0.2) is 24.3 Å². The number of rotatable bonds is 10. The van der Waals surface area contributed by atoms with Gasteiger partial charge in [0.15, 0.2) is 0 Å². The number of ether oxygens (including phenoxy) is 2. The number of nitrogens with two attached hydrogens (primary N) is 1. The van der Waals surface area contributed by atoms with Gasteiger partial charge in [0.1, 0.15) is 0 Å². The van der Waals surface area contributed by atoms with Crippen LogP contribution in [-0.2, 0) is 32.1 Å². The Morgan fingerprint density at radius 3 is 2.35 bits per heavy atom. The van der Waals surface area contributed by atoms with Crippen LogP contribution in [0.5, 0.6) is 0 Å². The number of amides is 1. The van der Waals surface area contributed by atoms with Crippen molar-refractivity contribution in [2.75, 3.05) is 7.11 Å². The lowest BCUT2D eigenvalue weighted by molar-refractivity contribution is -0.150. The minimum absolute atomic E-state index is 0.0760. The lowest BCUT2D eigenvalue weighted by atomic mass is 9.72. The summed E-state index contributed by atoms with van der Waals surface area (Å²) in [4.78, 5) is 22.3. The van der Waals surface area contributed by atoms with Crippen molar-refractivity contribution >= 4 is 11.9 Å². The Hall–Kier alpha value is -1.88. The van der Waals surface area contributed by atoms with E-state index in [9.17, 15) is 9.59 Å². The normalized spacial score (nSPS) is 21.5. The van der Waals surface area contributed by atoms with Gasteiger partial charge >= 0.3 is 5.97 Å². The number of hydrogen-bond acceptors (Lipinski definition) is 4. The van der Waals surface area contributed by atoms with Gasteiger partial charge in [-0.05, 0) is 55.6 Å². The number of carbonyl (C=O) groups is 2. The molecule has 5 nitrogen and oxygen atoms in total. The lowest BCUT2D eigenvalue weighted by Crippen LogP contribution is -2.32. The Labute approximate surface area is 156 Å². The molecule has 2 N–H and O–H groups in total. The van der Waals surface area contributed by atoms with Crippen LogP contribution in [0.2, 0.25) is 0 Å². The first kappa shape index (κ1) is 20.4. The summed E-state index contributed by atoms with van der Waals surface area (Å²) in [5.74, 6) is 0.628. The third-order valence-electron chi connectivity index (χ3n) is 5.48. The van der Waals surface area contributed by atoms with Gasteiger partial charge < -0.3 is 15.2 Å². The summed E-state index contributed by atoms with van der Waals surface area (Å²) >= 11 is 0. The van der Waals surface area contributed by atoms with Gasteiger partial charge in [0.25, 0.3) is 0 Å². The van der Waals surface area contributed by atoms with Crippen molar-refractivity contribution < 1.29 is 19.1 Å². The third-order valence-corrected chi connectivity index (χ3v) is 5.48. The summed E-state index contributed by atoms with van der Waals surface area (Å²) in [7, 11) is 1.45. The van der Waals surface area contributed by atoms with Crippen LogP contribution < -0.4 is 5.73 Å². The van der Waals surface area contributed by atoms with E-state index in [4.69, 9.17) is 15.2 Å². The van der Waals surface area contributed by atoms with Gasteiger partial charge in [-0.3, -0.25) is 9.59 Å². The fourth-order valence-electron chi connectivity index (χ4n) is 3.36. The fourth-order valence-corrected chi connectivity index (χ4v) is 3.36. The Kier molecular flexibility index (Phi) is 7.64. The zero-order valence-corrected chi connectivity index (χ0v) is 16.1. The van der Waals surface area contributed by atoms with Crippen LogP contribution >= 0.6 is 0 Å². The zero-order valence-electron chi connectivity index (χ0n) is 16.1. The molecule has 5 heteroatoms. The molecule has 1 aromatic carbocycles. The predicted octanol–water partition coefficient (Wildman–Crippen LogP) is 3.24. The first-order valence-electron chi connectivity index (χ1n) is 9.44. The fraction of sp³-hybridized carbons (Fsp3) is 0.619. The summed E-state index contributed by atoms with van der Waals surface area (Å²) < 4.78 is 10.7. The molecule has 0 unspecified atom stereocenters. The smallest absolute Gasteiger partial charge is 0.308 e. The Morgan fingerprint density at radius 2 is 1.77 bits per heavy atom. The lowest BCUT2D eigenvalue weighted by Gasteiger charge is -2.33. The van der Waals surface area contributed by atoms with Gasteiger partial charge in [0.2, 0.25) is 5.91 Å². The molecule has 1 aromatic rings. The maximum atomic E-state index is 11.4. The third kappa shape index (κ3) is 6.13. The Balaban J connectivity index is 1.71. The molecule has 1 saturated carbocycles. The maximum absolute atomic E-state index is 11.4. The van der Waals surface area contributed by atoms with E-state index in [0.29, 0.717) is 24.9 Å². The molecule has 1 aliphatic carbocycles. The van der Waals surface area contributed by atoms with E-state index in [1.165, 1.54) is 12.7 Å². The average Bonchev–Trinajstić information content (AvgIpc) is 2.60. The zero-order chi connectivity index (χ0) is 19.1. The van der Waals surface area contributed by atoms with Crippen molar-refractivity contribution in [2.45, 2.75) is 58.7 Å². The molecule has 1 amide bonds. The average molecular weight is 361 g/mol. The highest BCUT2D eigenvalue weighted by molar-refractivity contribution is 5.73. The number of hydrogen-bond donors (Lipinski definition) is 1. The molecule has 2 atom stereocenters. The first-order valence-corrected chi connectivity index (χ1v) is 9.44. The van der Waals surface area contributed by atoms with Gasteiger partial charge in [-0.2, -0.15) is 0 Å². The first-order chi connectivity index (χ1) is 12.4. The minimum Gasteiger partial charge on any atom is -0.469 e. The van der Waals surface area contributed by atoms with E-state index in [2.05, 4.69) is 31.2 Å². The van der Waals surface area contributed by atoms with Gasteiger partial charge in [-0.1, -0.05) is 31.2 Å². The van der Waals surface area contributed by atoms with Crippen molar-refractivity contribution in [1.29, 1.82) is 0 Å². The summed E-state index contributed by atoms with van der Waals surface area (Å²) in [5, 5.41) is 0. The largest absolute Gasteiger partial charge is 0.469 e. The second-order valence-electron chi connectivity index (χ2n) is 7.58. The van der Waals surface area contributed by atoms with E-state index in [1.54, 1.807) is 0 Å². The van der Waals surface area contributed by atoms with Crippen molar-refractivity contribution in [3.8, 4) is 0 Å². The van der Waals surface area contributed by atoms with Gasteiger partial charge in [0.05, 0.1) is 25.7 Å². The molecule has 0 bridgehead atoms.